The zero-order valence-electron chi connectivity index (χ0n) is 16.1. The van der Waals surface area contributed by atoms with Crippen molar-refractivity contribution in [1.29, 1.82) is 0 Å². The van der Waals surface area contributed by atoms with Crippen molar-refractivity contribution in [1.82, 2.24) is 14.8 Å². The highest BCUT2D eigenvalue weighted by Gasteiger charge is 2.31. The van der Waals surface area contributed by atoms with Crippen molar-refractivity contribution in [3.05, 3.63) is 58.2 Å². The van der Waals surface area contributed by atoms with Gasteiger partial charge < -0.3 is 14.5 Å². The Morgan fingerprint density at radius 3 is 2.10 bits per heavy atom. The molecule has 0 aliphatic carbocycles. The van der Waals surface area contributed by atoms with Crippen LogP contribution >= 0.6 is 11.6 Å². The largest absolute Gasteiger partial charge is 0.478 e. The lowest BCUT2D eigenvalue weighted by molar-refractivity contribution is -0.137. The van der Waals surface area contributed by atoms with E-state index in [-0.39, 0.29) is 54.3 Å². The summed E-state index contributed by atoms with van der Waals surface area (Å²) in [5.41, 5.74) is -0.574. The molecule has 0 spiro atoms. The molecule has 2 heterocycles. The van der Waals surface area contributed by atoms with Gasteiger partial charge in [0.2, 0.25) is 5.88 Å². The third kappa shape index (κ3) is 4.84. The van der Waals surface area contributed by atoms with Gasteiger partial charge in [-0.2, -0.15) is 13.2 Å². The van der Waals surface area contributed by atoms with Gasteiger partial charge in [0, 0.05) is 37.8 Å². The molecule has 0 radical (unpaired) electrons. The van der Waals surface area contributed by atoms with Gasteiger partial charge in [-0.25, -0.2) is 4.98 Å². The van der Waals surface area contributed by atoms with Crippen LogP contribution in [-0.4, -0.2) is 59.4 Å². The predicted octanol–water partition coefficient (Wildman–Crippen LogP) is 3.75. The van der Waals surface area contributed by atoms with Crippen LogP contribution in [0.1, 0.15) is 33.3 Å². The van der Waals surface area contributed by atoms with Crippen molar-refractivity contribution in [2.24, 2.45) is 0 Å². The molecule has 0 bridgehead atoms. The SMILES string of the molecule is CCOc1ccc(Cl)c(C(=O)N2CCN(C(=O)c3ccc(C(F)(F)F)cc3)CC2)n1. The molecule has 1 aromatic heterocycles. The van der Waals surface area contributed by atoms with Crippen LogP contribution in [0.4, 0.5) is 13.2 Å². The molecule has 30 heavy (non-hydrogen) atoms. The predicted molar refractivity (Wildman–Crippen MR) is 104 cm³/mol. The van der Waals surface area contributed by atoms with Crippen molar-refractivity contribution < 1.29 is 27.5 Å². The van der Waals surface area contributed by atoms with Crippen LogP contribution < -0.4 is 4.74 Å². The molecule has 1 saturated heterocycles. The van der Waals surface area contributed by atoms with E-state index in [0.29, 0.717) is 12.5 Å². The Bertz CT molecular complexity index is 927. The molecule has 2 aromatic rings. The van der Waals surface area contributed by atoms with E-state index >= 15 is 0 Å². The molecule has 0 atom stereocenters. The Morgan fingerprint density at radius 1 is 1.00 bits per heavy atom. The molecule has 1 aromatic carbocycles. The number of nitrogens with zero attached hydrogens (tertiary/aromatic N) is 3. The second kappa shape index (κ2) is 8.91. The summed E-state index contributed by atoms with van der Waals surface area (Å²) < 4.78 is 43.3. The number of aromatic nitrogens is 1. The Hall–Kier alpha value is -2.81. The standard InChI is InChI=1S/C20H19ClF3N3O3/c1-2-30-16-8-7-15(21)17(25-16)19(29)27-11-9-26(10-12-27)18(28)13-3-5-14(6-4-13)20(22,23)24/h3-8H,2,9-12H2,1H3. The maximum Gasteiger partial charge on any atom is 0.416 e. The Labute approximate surface area is 176 Å². The summed E-state index contributed by atoms with van der Waals surface area (Å²) in [5.74, 6) is -0.463. The summed E-state index contributed by atoms with van der Waals surface area (Å²) >= 11 is 6.10. The first kappa shape index (κ1) is 21.9. The van der Waals surface area contributed by atoms with Crippen molar-refractivity contribution in [2.75, 3.05) is 32.8 Å². The molecular formula is C20H19ClF3N3O3. The van der Waals surface area contributed by atoms with Gasteiger partial charge in [-0.05, 0) is 37.3 Å². The topological polar surface area (TPSA) is 62.7 Å². The molecule has 1 fully saturated rings. The van der Waals surface area contributed by atoms with E-state index in [9.17, 15) is 22.8 Å². The fraction of sp³-hybridized carbons (Fsp3) is 0.350. The molecule has 3 rings (SSSR count). The first-order chi connectivity index (χ1) is 14.2. The lowest BCUT2D eigenvalue weighted by Crippen LogP contribution is -2.50. The number of hydrogen-bond acceptors (Lipinski definition) is 4. The van der Waals surface area contributed by atoms with Crippen LogP contribution in [0.3, 0.4) is 0 Å². The molecule has 2 amide bonds. The highest BCUT2D eigenvalue weighted by molar-refractivity contribution is 6.33. The number of carbonyl (C=O) groups is 2. The number of amides is 2. The molecule has 10 heteroatoms. The lowest BCUT2D eigenvalue weighted by Gasteiger charge is -2.34. The molecule has 0 unspecified atom stereocenters. The summed E-state index contributed by atoms with van der Waals surface area (Å²) in [6, 6.07) is 7.19. The van der Waals surface area contributed by atoms with Crippen LogP contribution in [0.2, 0.25) is 5.02 Å². The van der Waals surface area contributed by atoms with Crippen molar-refractivity contribution in [3.63, 3.8) is 0 Å². The summed E-state index contributed by atoms with van der Waals surface area (Å²) in [4.78, 5) is 32.5. The summed E-state index contributed by atoms with van der Waals surface area (Å²) in [6.45, 7) is 3.19. The highest BCUT2D eigenvalue weighted by atomic mass is 35.5. The van der Waals surface area contributed by atoms with Crippen LogP contribution in [0.5, 0.6) is 5.88 Å². The Kier molecular flexibility index (Phi) is 6.50. The summed E-state index contributed by atoms with van der Waals surface area (Å²) in [6.07, 6.45) is -4.46. The van der Waals surface area contributed by atoms with Crippen molar-refractivity contribution in [2.45, 2.75) is 13.1 Å². The number of ether oxygens (including phenoxy) is 1. The molecule has 1 aliphatic rings. The van der Waals surface area contributed by atoms with Crippen molar-refractivity contribution in [3.8, 4) is 5.88 Å². The van der Waals surface area contributed by atoms with Crippen LogP contribution in [0, 0.1) is 0 Å². The summed E-state index contributed by atoms with van der Waals surface area (Å²) in [7, 11) is 0. The fourth-order valence-electron chi connectivity index (χ4n) is 3.05. The normalized spacial score (nSPS) is 14.6. The Balaban J connectivity index is 1.64. The van der Waals surface area contributed by atoms with Crippen LogP contribution in [-0.2, 0) is 6.18 Å². The monoisotopic (exact) mass is 441 g/mol. The zero-order chi connectivity index (χ0) is 21.9. The molecular weight excluding hydrogens is 423 g/mol. The van der Waals surface area contributed by atoms with E-state index in [2.05, 4.69) is 4.98 Å². The number of benzene rings is 1. The fourth-order valence-corrected chi connectivity index (χ4v) is 3.24. The van der Waals surface area contributed by atoms with Gasteiger partial charge in [-0.15, -0.1) is 0 Å². The van der Waals surface area contributed by atoms with Crippen LogP contribution in [0.15, 0.2) is 36.4 Å². The zero-order valence-corrected chi connectivity index (χ0v) is 16.8. The van der Waals surface area contributed by atoms with Gasteiger partial charge in [0.05, 0.1) is 17.2 Å². The number of pyridine rings is 1. The maximum atomic E-state index is 12.8. The average Bonchev–Trinajstić information content (AvgIpc) is 2.74. The molecule has 0 saturated carbocycles. The number of halogens is 4. The first-order valence-electron chi connectivity index (χ1n) is 9.26. The minimum absolute atomic E-state index is 0.0742. The van der Waals surface area contributed by atoms with E-state index in [1.165, 1.54) is 15.9 Å². The first-order valence-corrected chi connectivity index (χ1v) is 9.63. The van der Waals surface area contributed by atoms with Gasteiger partial charge >= 0.3 is 6.18 Å². The second-order valence-corrected chi connectivity index (χ2v) is 6.98. The average molecular weight is 442 g/mol. The maximum absolute atomic E-state index is 12.8. The van der Waals surface area contributed by atoms with E-state index in [1.807, 2.05) is 0 Å². The number of rotatable bonds is 4. The van der Waals surface area contributed by atoms with E-state index in [4.69, 9.17) is 16.3 Å². The van der Waals surface area contributed by atoms with Gasteiger partial charge in [0.25, 0.3) is 11.8 Å². The van der Waals surface area contributed by atoms with E-state index < -0.39 is 11.7 Å². The minimum atomic E-state index is -4.46. The van der Waals surface area contributed by atoms with E-state index in [1.54, 1.807) is 13.0 Å². The third-order valence-corrected chi connectivity index (χ3v) is 4.93. The third-order valence-electron chi connectivity index (χ3n) is 4.63. The summed E-state index contributed by atoms with van der Waals surface area (Å²) in [5, 5.41) is 0.201. The quantitative estimate of drug-likeness (QED) is 0.725. The smallest absolute Gasteiger partial charge is 0.416 e. The minimum Gasteiger partial charge on any atom is -0.478 e. The van der Waals surface area contributed by atoms with E-state index in [0.717, 1.165) is 24.3 Å². The molecule has 0 N–H and O–H groups in total. The van der Waals surface area contributed by atoms with Gasteiger partial charge in [0.15, 0.2) is 5.69 Å². The number of piperazine rings is 1. The molecule has 6 nitrogen and oxygen atoms in total. The Morgan fingerprint density at radius 2 is 1.57 bits per heavy atom. The molecule has 1 aliphatic heterocycles. The van der Waals surface area contributed by atoms with Crippen molar-refractivity contribution >= 4 is 23.4 Å². The van der Waals surface area contributed by atoms with Gasteiger partial charge in [0.1, 0.15) is 0 Å². The highest BCUT2D eigenvalue weighted by Crippen LogP contribution is 2.29. The van der Waals surface area contributed by atoms with Crippen LogP contribution in [0.25, 0.3) is 0 Å². The van der Waals surface area contributed by atoms with Gasteiger partial charge in [-0.3, -0.25) is 9.59 Å². The second-order valence-electron chi connectivity index (χ2n) is 6.57. The number of carbonyl (C=O) groups excluding carboxylic acids is 2. The lowest BCUT2D eigenvalue weighted by atomic mass is 10.1. The van der Waals surface area contributed by atoms with Gasteiger partial charge in [-0.1, -0.05) is 11.6 Å². The number of hydrogen-bond donors (Lipinski definition) is 0. The molecule has 160 valence electrons. The number of alkyl halides is 3.